The van der Waals surface area contributed by atoms with Crippen molar-refractivity contribution >= 4 is 0 Å². The fourth-order valence-electron chi connectivity index (χ4n) is 5.05. The van der Waals surface area contributed by atoms with Crippen LogP contribution in [0.1, 0.15) is 57.8 Å². The molecule has 3 saturated heterocycles. The van der Waals surface area contributed by atoms with Crippen molar-refractivity contribution in [3.05, 3.63) is 0 Å². The average molecular weight is 252 g/mol. The van der Waals surface area contributed by atoms with Gasteiger partial charge in [0.15, 0.2) is 0 Å². The highest BCUT2D eigenvalue weighted by molar-refractivity contribution is 5.10. The van der Waals surface area contributed by atoms with Crippen LogP contribution in [0.4, 0.5) is 0 Å². The molecular weight excluding hydrogens is 228 g/mol. The molecule has 0 aromatic carbocycles. The summed E-state index contributed by atoms with van der Waals surface area (Å²) in [6.45, 7) is 2.81. The van der Waals surface area contributed by atoms with E-state index >= 15 is 0 Å². The van der Waals surface area contributed by atoms with E-state index < -0.39 is 0 Å². The molecule has 0 atom stereocenters. The van der Waals surface area contributed by atoms with Gasteiger partial charge in [0.1, 0.15) is 0 Å². The third-order valence-electron chi connectivity index (χ3n) is 5.49. The molecule has 3 aliphatic heterocycles. The largest absolute Gasteiger partial charge is 0.375 e. The maximum atomic E-state index is 6.19. The molecule has 0 unspecified atom stereocenters. The van der Waals surface area contributed by atoms with E-state index in [1.807, 2.05) is 0 Å². The highest BCUT2D eigenvalue weighted by Crippen LogP contribution is 2.55. The van der Waals surface area contributed by atoms with Crippen molar-refractivity contribution in [1.29, 1.82) is 0 Å². The van der Waals surface area contributed by atoms with Gasteiger partial charge in [0.25, 0.3) is 0 Å². The summed E-state index contributed by atoms with van der Waals surface area (Å²) in [7, 11) is 0. The minimum Gasteiger partial charge on any atom is -0.375 e. The van der Waals surface area contributed by atoms with Crippen LogP contribution in [-0.4, -0.2) is 36.6 Å². The molecular formula is C15H24O3. The predicted molar refractivity (Wildman–Crippen MR) is 67.6 cm³/mol. The Morgan fingerprint density at radius 3 is 1.06 bits per heavy atom. The number of hydrogen-bond donors (Lipinski definition) is 0. The van der Waals surface area contributed by atoms with Crippen molar-refractivity contribution in [2.24, 2.45) is 0 Å². The second-order valence-electron chi connectivity index (χ2n) is 6.94. The molecule has 18 heavy (non-hydrogen) atoms. The van der Waals surface area contributed by atoms with Gasteiger partial charge in [-0.05, 0) is 38.5 Å². The van der Waals surface area contributed by atoms with Crippen LogP contribution < -0.4 is 0 Å². The van der Waals surface area contributed by atoms with E-state index in [-0.39, 0.29) is 16.8 Å². The van der Waals surface area contributed by atoms with Gasteiger partial charge in [-0.2, -0.15) is 0 Å². The third-order valence-corrected chi connectivity index (χ3v) is 5.49. The first-order valence-corrected chi connectivity index (χ1v) is 7.66. The quantitative estimate of drug-likeness (QED) is 0.663. The van der Waals surface area contributed by atoms with Gasteiger partial charge in [-0.1, -0.05) is 0 Å². The van der Waals surface area contributed by atoms with E-state index in [0.29, 0.717) is 0 Å². The average Bonchev–Trinajstić information content (AvgIpc) is 3.03. The highest BCUT2D eigenvalue weighted by atomic mass is 16.5. The van der Waals surface area contributed by atoms with E-state index in [1.54, 1.807) is 0 Å². The van der Waals surface area contributed by atoms with E-state index in [2.05, 4.69) is 0 Å². The molecule has 102 valence electrons. The Balaban J connectivity index is 1.66. The zero-order valence-electron chi connectivity index (χ0n) is 11.2. The van der Waals surface area contributed by atoms with Crippen LogP contribution >= 0.6 is 0 Å². The zero-order chi connectivity index (χ0) is 12.1. The van der Waals surface area contributed by atoms with E-state index in [0.717, 1.165) is 39.1 Å². The molecule has 4 aliphatic rings. The summed E-state index contributed by atoms with van der Waals surface area (Å²) >= 11 is 0. The van der Waals surface area contributed by atoms with Crippen LogP contribution in [0.5, 0.6) is 0 Å². The maximum absolute atomic E-state index is 6.19. The van der Waals surface area contributed by atoms with Crippen LogP contribution in [0.15, 0.2) is 0 Å². The molecule has 0 radical (unpaired) electrons. The van der Waals surface area contributed by atoms with Crippen LogP contribution in [0.2, 0.25) is 0 Å². The zero-order valence-corrected chi connectivity index (χ0v) is 11.2. The molecule has 3 spiro atoms. The lowest BCUT2D eigenvalue weighted by molar-refractivity contribution is -0.190. The van der Waals surface area contributed by atoms with E-state index in [9.17, 15) is 0 Å². The van der Waals surface area contributed by atoms with E-state index in [1.165, 1.54) is 38.5 Å². The molecule has 1 aliphatic carbocycles. The van der Waals surface area contributed by atoms with Gasteiger partial charge in [-0.25, -0.2) is 0 Å². The minimum absolute atomic E-state index is 0.0763. The lowest BCUT2D eigenvalue weighted by Crippen LogP contribution is -2.55. The van der Waals surface area contributed by atoms with Gasteiger partial charge < -0.3 is 14.2 Å². The maximum Gasteiger partial charge on any atom is 0.0738 e. The molecule has 0 N–H and O–H groups in total. The van der Waals surface area contributed by atoms with Crippen LogP contribution in [-0.2, 0) is 14.2 Å². The summed E-state index contributed by atoms with van der Waals surface area (Å²) in [5, 5.41) is 0. The SMILES string of the molecule is C1COC2(C1)CC1(CCCO1)CC1(CCCO1)C2. The van der Waals surface area contributed by atoms with Crippen molar-refractivity contribution in [3.63, 3.8) is 0 Å². The molecule has 3 heterocycles. The first-order valence-electron chi connectivity index (χ1n) is 7.66. The van der Waals surface area contributed by atoms with Gasteiger partial charge >= 0.3 is 0 Å². The van der Waals surface area contributed by atoms with Crippen LogP contribution in [0, 0.1) is 0 Å². The Morgan fingerprint density at radius 1 is 0.500 bits per heavy atom. The fourth-order valence-corrected chi connectivity index (χ4v) is 5.05. The molecule has 1 saturated carbocycles. The van der Waals surface area contributed by atoms with Gasteiger partial charge in [0, 0.05) is 39.1 Å². The fraction of sp³-hybridized carbons (Fsp3) is 1.00. The monoisotopic (exact) mass is 252 g/mol. The standard InChI is InChI=1S/C15H24O3/c1-4-13(16-7-1)10-14(5-2-8-17-14)12-15(11-13)6-3-9-18-15/h1-12H2. The van der Waals surface area contributed by atoms with Crippen LogP contribution in [0.3, 0.4) is 0 Å². The molecule has 4 fully saturated rings. The second-order valence-corrected chi connectivity index (χ2v) is 6.94. The Hall–Kier alpha value is -0.120. The van der Waals surface area contributed by atoms with Crippen molar-refractivity contribution in [2.75, 3.05) is 19.8 Å². The molecule has 0 amide bonds. The topological polar surface area (TPSA) is 27.7 Å². The van der Waals surface area contributed by atoms with Crippen molar-refractivity contribution < 1.29 is 14.2 Å². The summed E-state index contributed by atoms with van der Waals surface area (Å²) in [6, 6.07) is 0. The van der Waals surface area contributed by atoms with E-state index in [4.69, 9.17) is 14.2 Å². The Bertz CT molecular complexity index is 256. The predicted octanol–water partition coefficient (Wildman–Crippen LogP) is 2.82. The Kier molecular flexibility index (Phi) is 2.56. The normalized spacial score (nSPS) is 52.0. The molecule has 0 bridgehead atoms. The third kappa shape index (κ3) is 1.75. The molecule has 4 rings (SSSR count). The number of rotatable bonds is 0. The number of hydrogen-bond acceptors (Lipinski definition) is 3. The van der Waals surface area contributed by atoms with Crippen molar-refractivity contribution in [2.45, 2.75) is 74.6 Å². The molecule has 0 aromatic rings. The lowest BCUT2D eigenvalue weighted by atomic mass is 9.65. The van der Waals surface area contributed by atoms with Crippen LogP contribution in [0.25, 0.3) is 0 Å². The van der Waals surface area contributed by atoms with Gasteiger partial charge in [-0.15, -0.1) is 0 Å². The Labute approximate surface area is 109 Å². The van der Waals surface area contributed by atoms with Gasteiger partial charge in [0.2, 0.25) is 0 Å². The summed E-state index contributed by atoms with van der Waals surface area (Å²) in [6.07, 6.45) is 10.6. The lowest BCUT2D eigenvalue weighted by Gasteiger charge is -2.51. The van der Waals surface area contributed by atoms with Crippen molar-refractivity contribution in [1.82, 2.24) is 0 Å². The second kappa shape index (κ2) is 3.94. The van der Waals surface area contributed by atoms with Crippen molar-refractivity contribution in [3.8, 4) is 0 Å². The first-order chi connectivity index (χ1) is 8.74. The summed E-state index contributed by atoms with van der Waals surface area (Å²) < 4.78 is 18.6. The summed E-state index contributed by atoms with van der Waals surface area (Å²) in [4.78, 5) is 0. The smallest absolute Gasteiger partial charge is 0.0738 e. The Morgan fingerprint density at radius 2 is 0.833 bits per heavy atom. The highest BCUT2D eigenvalue weighted by Gasteiger charge is 2.59. The molecule has 0 aromatic heterocycles. The van der Waals surface area contributed by atoms with Gasteiger partial charge in [-0.3, -0.25) is 0 Å². The minimum atomic E-state index is 0.0763. The summed E-state index contributed by atoms with van der Waals surface area (Å²) in [5.41, 5.74) is 0.229. The molecule has 3 nitrogen and oxygen atoms in total. The number of ether oxygens (including phenoxy) is 3. The molecule has 3 heteroatoms. The first kappa shape index (κ1) is 11.7. The van der Waals surface area contributed by atoms with Gasteiger partial charge in [0.05, 0.1) is 16.8 Å². The summed E-state index contributed by atoms with van der Waals surface area (Å²) in [5.74, 6) is 0.